The lowest BCUT2D eigenvalue weighted by molar-refractivity contribution is -0.135. The second kappa shape index (κ2) is 4.15. The molecule has 0 aliphatic heterocycles. The first-order valence-corrected chi connectivity index (χ1v) is 4.27. The molecule has 0 unspecified atom stereocenters. The fourth-order valence-corrected chi connectivity index (χ4v) is 0.981. The van der Waals surface area contributed by atoms with Crippen LogP contribution in [-0.4, -0.2) is 6.18 Å². The highest BCUT2D eigenvalue weighted by molar-refractivity contribution is 4.62. The predicted molar refractivity (Wildman–Crippen MR) is 44.0 cm³/mol. The van der Waals surface area contributed by atoms with Crippen LogP contribution in [0.4, 0.5) is 13.2 Å². The largest absolute Gasteiger partial charge is 0.389 e. The highest BCUT2D eigenvalue weighted by atomic mass is 19.4. The Balaban J connectivity index is 3.35. The second-order valence-corrected chi connectivity index (χ2v) is 4.38. The second-order valence-electron chi connectivity index (χ2n) is 4.38. The molecule has 74 valence electrons. The molecule has 0 aliphatic rings. The van der Waals surface area contributed by atoms with Gasteiger partial charge in [0.05, 0.1) is 0 Å². The van der Waals surface area contributed by atoms with E-state index >= 15 is 0 Å². The average Bonchev–Trinajstić information content (AvgIpc) is 1.76. The maximum absolute atomic E-state index is 11.7. The van der Waals surface area contributed by atoms with E-state index in [1.807, 2.05) is 20.8 Å². The molecule has 0 aromatic heterocycles. The van der Waals surface area contributed by atoms with Crippen molar-refractivity contribution in [1.82, 2.24) is 0 Å². The summed E-state index contributed by atoms with van der Waals surface area (Å²) >= 11 is 0. The first-order chi connectivity index (χ1) is 5.21. The van der Waals surface area contributed by atoms with Crippen molar-refractivity contribution in [1.29, 1.82) is 0 Å². The zero-order valence-corrected chi connectivity index (χ0v) is 7.96. The molecule has 12 heavy (non-hydrogen) atoms. The standard InChI is InChI=1S/C9H17F3/c1-8(2,3)6-4-5-7-9(10,11)12/h4-7H2,1-3H3. The zero-order chi connectivity index (χ0) is 9.83. The van der Waals surface area contributed by atoms with Crippen molar-refractivity contribution in [2.45, 2.75) is 52.6 Å². The van der Waals surface area contributed by atoms with Gasteiger partial charge in [0, 0.05) is 6.42 Å². The van der Waals surface area contributed by atoms with Crippen LogP contribution in [-0.2, 0) is 0 Å². The quantitative estimate of drug-likeness (QED) is 0.575. The Bertz CT molecular complexity index is 103. The molecule has 0 aliphatic carbocycles. The Morgan fingerprint density at radius 3 is 1.58 bits per heavy atom. The molecule has 0 saturated heterocycles. The third kappa shape index (κ3) is 9.79. The van der Waals surface area contributed by atoms with E-state index in [9.17, 15) is 13.2 Å². The van der Waals surface area contributed by atoms with E-state index in [4.69, 9.17) is 0 Å². The molecule has 3 heteroatoms. The van der Waals surface area contributed by atoms with Crippen LogP contribution in [0, 0.1) is 5.41 Å². The first kappa shape index (κ1) is 11.8. The van der Waals surface area contributed by atoms with E-state index in [0.29, 0.717) is 6.42 Å². The minimum absolute atomic E-state index is 0.158. The fourth-order valence-electron chi connectivity index (χ4n) is 0.981. The van der Waals surface area contributed by atoms with Gasteiger partial charge in [0.15, 0.2) is 0 Å². The van der Waals surface area contributed by atoms with Crippen molar-refractivity contribution in [2.75, 3.05) is 0 Å². The summed E-state index contributed by atoms with van der Waals surface area (Å²) in [6.45, 7) is 6.13. The molecule has 0 aromatic rings. The smallest absolute Gasteiger partial charge is 0.171 e. The van der Waals surface area contributed by atoms with E-state index < -0.39 is 12.6 Å². The van der Waals surface area contributed by atoms with Gasteiger partial charge in [-0.25, -0.2) is 0 Å². The molecule has 0 rings (SSSR count). The van der Waals surface area contributed by atoms with Crippen LogP contribution in [0.5, 0.6) is 0 Å². The van der Waals surface area contributed by atoms with Gasteiger partial charge in [0.1, 0.15) is 0 Å². The fraction of sp³-hybridized carbons (Fsp3) is 1.00. The summed E-state index contributed by atoms with van der Waals surface area (Å²) in [6, 6.07) is 0. The van der Waals surface area contributed by atoms with Crippen molar-refractivity contribution >= 4 is 0 Å². The Kier molecular flexibility index (Phi) is 4.08. The lowest BCUT2D eigenvalue weighted by Crippen LogP contribution is -2.08. The number of unbranched alkanes of at least 4 members (excludes halogenated alkanes) is 1. The van der Waals surface area contributed by atoms with Gasteiger partial charge in [0.25, 0.3) is 0 Å². The Morgan fingerprint density at radius 2 is 1.25 bits per heavy atom. The lowest BCUT2D eigenvalue weighted by Gasteiger charge is -2.17. The third-order valence-electron chi connectivity index (χ3n) is 1.64. The zero-order valence-electron chi connectivity index (χ0n) is 7.96. The third-order valence-corrected chi connectivity index (χ3v) is 1.64. The molecule has 0 radical (unpaired) electrons. The van der Waals surface area contributed by atoms with Crippen LogP contribution in [0.3, 0.4) is 0 Å². The van der Waals surface area contributed by atoms with Crippen molar-refractivity contribution < 1.29 is 13.2 Å². The Hall–Kier alpha value is -0.210. The molecule has 0 nitrogen and oxygen atoms in total. The summed E-state index contributed by atoms with van der Waals surface area (Å²) in [5, 5.41) is 0. The van der Waals surface area contributed by atoms with E-state index in [2.05, 4.69) is 0 Å². The van der Waals surface area contributed by atoms with Gasteiger partial charge >= 0.3 is 6.18 Å². The molecule has 0 N–H and O–H groups in total. The van der Waals surface area contributed by atoms with E-state index in [-0.39, 0.29) is 11.8 Å². The minimum atomic E-state index is -3.97. The number of halogens is 3. The summed E-state index contributed by atoms with van der Waals surface area (Å²) in [7, 11) is 0. The topological polar surface area (TPSA) is 0 Å². The molecule has 0 amide bonds. The van der Waals surface area contributed by atoms with Crippen molar-refractivity contribution in [2.24, 2.45) is 5.41 Å². The van der Waals surface area contributed by atoms with Crippen LogP contribution in [0.1, 0.15) is 46.5 Å². The van der Waals surface area contributed by atoms with Crippen LogP contribution in [0.2, 0.25) is 0 Å². The van der Waals surface area contributed by atoms with E-state index in [0.717, 1.165) is 6.42 Å². The summed E-state index contributed by atoms with van der Waals surface area (Å²) in [4.78, 5) is 0. The molecule has 0 fully saturated rings. The van der Waals surface area contributed by atoms with Gasteiger partial charge in [-0.3, -0.25) is 0 Å². The van der Waals surface area contributed by atoms with Crippen molar-refractivity contribution in [3.63, 3.8) is 0 Å². The first-order valence-electron chi connectivity index (χ1n) is 4.27. The summed E-state index contributed by atoms with van der Waals surface area (Å²) in [6.07, 6.45) is -2.81. The van der Waals surface area contributed by atoms with Gasteiger partial charge in [-0.1, -0.05) is 27.2 Å². The molecule has 0 aromatic carbocycles. The van der Waals surface area contributed by atoms with Crippen molar-refractivity contribution in [3.8, 4) is 0 Å². The number of hydrogen-bond acceptors (Lipinski definition) is 0. The monoisotopic (exact) mass is 182 g/mol. The lowest BCUT2D eigenvalue weighted by atomic mass is 9.89. The molecule has 0 spiro atoms. The molecule has 0 atom stereocenters. The van der Waals surface area contributed by atoms with Crippen molar-refractivity contribution in [3.05, 3.63) is 0 Å². The molecule has 0 bridgehead atoms. The summed E-state index contributed by atoms with van der Waals surface area (Å²) in [5.74, 6) is 0. The van der Waals surface area contributed by atoms with Gasteiger partial charge in [-0.05, 0) is 18.3 Å². The molecular formula is C9H17F3. The number of rotatable bonds is 3. The van der Waals surface area contributed by atoms with Crippen LogP contribution >= 0.6 is 0 Å². The predicted octanol–water partition coefficient (Wildman–Crippen LogP) is 4.16. The molecule has 0 heterocycles. The van der Waals surface area contributed by atoms with Crippen LogP contribution in [0.25, 0.3) is 0 Å². The maximum atomic E-state index is 11.7. The van der Waals surface area contributed by atoms with Gasteiger partial charge in [-0.2, -0.15) is 13.2 Å². The Morgan fingerprint density at radius 1 is 0.833 bits per heavy atom. The Labute approximate surface area is 72.2 Å². The summed E-state index contributed by atoms with van der Waals surface area (Å²) in [5.41, 5.74) is 0.158. The van der Waals surface area contributed by atoms with Crippen LogP contribution in [0.15, 0.2) is 0 Å². The van der Waals surface area contributed by atoms with E-state index in [1.54, 1.807) is 0 Å². The molecule has 0 saturated carbocycles. The minimum Gasteiger partial charge on any atom is -0.171 e. The maximum Gasteiger partial charge on any atom is 0.389 e. The van der Waals surface area contributed by atoms with E-state index in [1.165, 1.54) is 0 Å². The summed E-state index contributed by atoms with van der Waals surface area (Å²) < 4.78 is 35.0. The van der Waals surface area contributed by atoms with Gasteiger partial charge in [0.2, 0.25) is 0 Å². The SMILES string of the molecule is CC(C)(C)CCCCC(F)(F)F. The highest BCUT2D eigenvalue weighted by Gasteiger charge is 2.26. The van der Waals surface area contributed by atoms with Gasteiger partial charge < -0.3 is 0 Å². The number of hydrogen-bond donors (Lipinski definition) is 0. The van der Waals surface area contributed by atoms with Gasteiger partial charge in [-0.15, -0.1) is 0 Å². The highest BCUT2D eigenvalue weighted by Crippen LogP contribution is 2.26. The molecular weight excluding hydrogens is 165 g/mol. The number of alkyl halides is 3. The van der Waals surface area contributed by atoms with Crippen LogP contribution < -0.4 is 0 Å². The normalized spacial score (nSPS) is 13.5. The average molecular weight is 182 g/mol.